The topological polar surface area (TPSA) is 52.0 Å². The lowest BCUT2D eigenvalue weighted by Crippen LogP contribution is -1.88. The fourth-order valence-electron chi connectivity index (χ4n) is 1.90. The normalized spacial score (nSPS) is 10.8. The van der Waals surface area contributed by atoms with Crippen molar-refractivity contribution in [3.05, 3.63) is 47.1 Å². The summed E-state index contributed by atoms with van der Waals surface area (Å²) in [6, 6.07) is 8.83. The van der Waals surface area contributed by atoms with Crippen LogP contribution in [0.2, 0.25) is 0 Å². The minimum absolute atomic E-state index is 0.249. The predicted molar refractivity (Wildman–Crippen MR) is 74.4 cm³/mol. The van der Waals surface area contributed by atoms with E-state index in [9.17, 15) is 4.39 Å². The number of aryl methyl sites for hydroxylation is 1. The van der Waals surface area contributed by atoms with Gasteiger partial charge in [-0.3, -0.25) is 0 Å². The van der Waals surface area contributed by atoms with Crippen molar-refractivity contribution in [1.29, 1.82) is 0 Å². The lowest BCUT2D eigenvalue weighted by molar-refractivity contribution is 0.439. The molecular formula is C14H11FN2OS. The first-order valence-corrected chi connectivity index (χ1v) is 6.60. The molecule has 2 N–H and O–H groups in total. The van der Waals surface area contributed by atoms with Crippen LogP contribution in [-0.4, -0.2) is 5.16 Å². The molecule has 0 saturated carbocycles. The smallest absolute Gasteiger partial charge is 0.231 e. The molecule has 0 saturated heterocycles. The maximum atomic E-state index is 13.7. The van der Waals surface area contributed by atoms with Gasteiger partial charge in [0.2, 0.25) is 5.88 Å². The summed E-state index contributed by atoms with van der Waals surface area (Å²) in [5, 5.41) is 5.90. The summed E-state index contributed by atoms with van der Waals surface area (Å²) >= 11 is 1.54. The van der Waals surface area contributed by atoms with E-state index in [1.807, 2.05) is 23.6 Å². The van der Waals surface area contributed by atoms with Gasteiger partial charge in [0.15, 0.2) is 0 Å². The molecule has 2 heterocycles. The molecule has 19 heavy (non-hydrogen) atoms. The second-order valence-electron chi connectivity index (χ2n) is 4.21. The zero-order valence-electron chi connectivity index (χ0n) is 10.2. The van der Waals surface area contributed by atoms with Crippen LogP contribution in [0.4, 0.5) is 10.3 Å². The third-order valence-electron chi connectivity index (χ3n) is 2.93. The Balaban J connectivity index is 2.18. The first kappa shape index (κ1) is 11.9. The monoisotopic (exact) mass is 274 g/mol. The summed E-state index contributed by atoms with van der Waals surface area (Å²) in [6.45, 7) is 1.72. The SMILES string of the molecule is Cc1ccc(-c2noc(N)c2-c2cccs2)cc1F. The summed E-state index contributed by atoms with van der Waals surface area (Å²) in [7, 11) is 0. The molecule has 96 valence electrons. The number of hydrogen-bond acceptors (Lipinski definition) is 4. The molecule has 0 atom stereocenters. The van der Waals surface area contributed by atoms with Gasteiger partial charge in [-0.25, -0.2) is 4.39 Å². The molecule has 0 bridgehead atoms. The second-order valence-corrected chi connectivity index (χ2v) is 5.16. The molecule has 3 aromatic rings. The highest BCUT2D eigenvalue weighted by atomic mass is 32.1. The highest BCUT2D eigenvalue weighted by Crippen LogP contribution is 2.38. The van der Waals surface area contributed by atoms with Gasteiger partial charge in [0, 0.05) is 10.4 Å². The number of nitrogens with zero attached hydrogens (tertiary/aromatic N) is 1. The van der Waals surface area contributed by atoms with Crippen molar-refractivity contribution in [2.45, 2.75) is 6.92 Å². The van der Waals surface area contributed by atoms with Crippen LogP contribution >= 0.6 is 11.3 Å². The molecule has 1 aromatic carbocycles. The van der Waals surface area contributed by atoms with Crippen LogP contribution in [0.1, 0.15) is 5.56 Å². The van der Waals surface area contributed by atoms with Crippen LogP contribution in [0.15, 0.2) is 40.2 Å². The molecule has 2 aromatic heterocycles. The number of benzene rings is 1. The Hall–Kier alpha value is -2.14. The van der Waals surface area contributed by atoms with Crippen molar-refractivity contribution < 1.29 is 8.91 Å². The fourth-order valence-corrected chi connectivity index (χ4v) is 2.67. The summed E-state index contributed by atoms with van der Waals surface area (Å²) in [4.78, 5) is 0.953. The molecule has 0 amide bonds. The largest absolute Gasteiger partial charge is 0.367 e. The van der Waals surface area contributed by atoms with Crippen molar-refractivity contribution in [2.24, 2.45) is 0 Å². The molecule has 0 unspecified atom stereocenters. The Morgan fingerprint density at radius 1 is 1.32 bits per heavy atom. The zero-order chi connectivity index (χ0) is 13.4. The number of thiophene rings is 1. The Morgan fingerprint density at radius 3 is 2.84 bits per heavy atom. The Kier molecular flexibility index (Phi) is 2.83. The van der Waals surface area contributed by atoms with Gasteiger partial charge in [0.25, 0.3) is 0 Å². The molecule has 5 heteroatoms. The van der Waals surface area contributed by atoms with Crippen molar-refractivity contribution in [3.8, 4) is 21.7 Å². The first-order valence-electron chi connectivity index (χ1n) is 5.72. The molecule has 0 aliphatic rings. The molecule has 0 radical (unpaired) electrons. The van der Waals surface area contributed by atoms with E-state index in [2.05, 4.69) is 5.16 Å². The highest BCUT2D eigenvalue weighted by Gasteiger charge is 2.18. The summed E-state index contributed by atoms with van der Waals surface area (Å²) in [5.41, 5.74) is 8.37. The van der Waals surface area contributed by atoms with E-state index in [-0.39, 0.29) is 11.7 Å². The number of rotatable bonds is 2. The first-order chi connectivity index (χ1) is 9.16. The van der Waals surface area contributed by atoms with E-state index in [0.717, 1.165) is 10.4 Å². The molecule has 0 fully saturated rings. The number of anilines is 1. The van der Waals surface area contributed by atoms with E-state index >= 15 is 0 Å². The molecule has 0 aliphatic carbocycles. The zero-order valence-corrected chi connectivity index (χ0v) is 11.0. The molecule has 0 aliphatic heterocycles. The minimum atomic E-state index is -0.267. The molecule has 3 nitrogen and oxygen atoms in total. The Bertz CT molecular complexity index is 719. The van der Waals surface area contributed by atoms with E-state index in [1.165, 1.54) is 17.4 Å². The number of halogens is 1. The van der Waals surface area contributed by atoms with Crippen molar-refractivity contribution in [2.75, 3.05) is 5.73 Å². The maximum Gasteiger partial charge on any atom is 0.231 e. The van der Waals surface area contributed by atoms with Crippen LogP contribution in [0.25, 0.3) is 21.7 Å². The number of nitrogen functional groups attached to an aromatic ring is 1. The van der Waals surface area contributed by atoms with E-state index in [1.54, 1.807) is 13.0 Å². The van der Waals surface area contributed by atoms with Gasteiger partial charge in [-0.05, 0) is 30.0 Å². The Labute approximate surface area is 113 Å². The van der Waals surface area contributed by atoms with Gasteiger partial charge in [-0.2, -0.15) is 0 Å². The van der Waals surface area contributed by atoms with Crippen molar-refractivity contribution in [3.63, 3.8) is 0 Å². The predicted octanol–water partition coefficient (Wildman–Crippen LogP) is 4.10. The fraction of sp³-hybridized carbons (Fsp3) is 0.0714. The number of nitrogens with two attached hydrogens (primary N) is 1. The van der Waals surface area contributed by atoms with Gasteiger partial charge in [-0.1, -0.05) is 23.4 Å². The van der Waals surface area contributed by atoms with Gasteiger partial charge >= 0.3 is 0 Å². The lowest BCUT2D eigenvalue weighted by atomic mass is 10.0. The molecule has 3 rings (SSSR count). The lowest BCUT2D eigenvalue weighted by Gasteiger charge is -2.02. The van der Waals surface area contributed by atoms with Gasteiger partial charge in [-0.15, -0.1) is 11.3 Å². The van der Waals surface area contributed by atoms with Crippen molar-refractivity contribution >= 4 is 17.2 Å². The minimum Gasteiger partial charge on any atom is -0.367 e. The standard InChI is InChI=1S/C14H11FN2OS/c1-8-4-5-9(7-10(8)15)13-12(14(16)18-17-13)11-3-2-6-19-11/h2-7H,16H2,1H3. The van der Waals surface area contributed by atoms with Crippen LogP contribution < -0.4 is 5.73 Å². The maximum absolute atomic E-state index is 13.7. The number of aromatic nitrogens is 1. The van der Waals surface area contributed by atoms with Gasteiger partial charge in [0.1, 0.15) is 11.5 Å². The van der Waals surface area contributed by atoms with Crippen LogP contribution in [-0.2, 0) is 0 Å². The highest BCUT2D eigenvalue weighted by molar-refractivity contribution is 7.13. The van der Waals surface area contributed by atoms with E-state index in [0.29, 0.717) is 16.8 Å². The van der Waals surface area contributed by atoms with Crippen LogP contribution in [0.5, 0.6) is 0 Å². The van der Waals surface area contributed by atoms with E-state index < -0.39 is 0 Å². The number of hydrogen-bond donors (Lipinski definition) is 1. The summed E-state index contributed by atoms with van der Waals surface area (Å²) < 4.78 is 18.7. The van der Waals surface area contributed by atoms with E-state index in [4.69, 9.17) is 10.3 Å². The van der Waals surface area contributed by atoms with Crippen LogP contribution in [0.3, 0.4) is 0 Å². The van der Waals surface area contributed by atoms with Gasteiger partial charge in [0.05, 0.1) is 5.56 Å². The summed E-state index contributed by atoms with van der Waals surface area (Å²) in [6.07, 6.45) is 0. The molecular weight excluding hydrogens is 263 g/mol. The second kappa shape index (κ2) is 4.51. The van der Waals surface area contributed by atoms with Crippen molar-refractivity contribution in [1.82, 2.24) is 5.16 Å². The average Bonchev–Trinajstić information content (AvgIpc) is 3.01. The van der Waals surface area contributed by atoms with Crippen LogP contribution in [0, 0.1) is 12.7 Å². The average molecular weight is 274 g/mol. The molecule has 0 spiro atoms. The third-order valence-corrected chi connectivity index (χ3v) is 3.82. The third kappa shape index (κ3) is 2.02. The Morgan fingerprint density at radius 2 is 2.16 bits per heavy atom. The summed E-state index contributed by atoms with van der Waals surface area (Å²) in [5.74, 6) is -0.0189. The van der Waals surface area contributed by atoms with Gasteiger partial charge < -0.3 is 10.3 Å². The quantitative estimate of drug-likeness (QED) is 0.765.